The van der Waals surface area contributed by atoms with Gasteiger partial charge in [-0.15, -0.1) is 5.10 Å². The van der Waals surface area contributed by atoms with E-state index < -0.39 is 24.5 Å². The van der Waals surface area contributed by atoms with Crippen LogP contribution in [-0.4, -0.2) is 87.1 Å². The summed E-state index contributed by atoms with van der Waals surface area (Å²) in [7, 11) is 1.41. The average molecular weight is 520 g/mol. The number of aryl methyl sites for hydroxylation is 2. The third-order valence-electron chi connectivity index (χ3n) is 7.07. The second-order valence-electron chi connectivity index (χ2n) is 9.37. The van der Waals surface area contributed by atoms with Gasteiger partial charge in [-0.3, -0.25) is 4.90 Å². The molecular formula is C24H25F4N7O2. The summed E-state index contributed by atoms with van der Waals surface area (Å²) >= 11 is 0. The number of alkyl halides is 3. The first-order chi connectivity index (χ1) is 17.8. The van der Waals surface area contributed by atoms with E-state index in [-0.39, 0.29) is 43.0 Å². The molecule has 0 bridgehead atoms. The van der Waals surface area contributed by atoms with Crippen molar-refractivity contribution < 1.29 is 27.0 Å². The fourth-order valence-electron chi connectivity index (χ4n) is 5.08. The van der Waals surface area contributed by atoms with Gasteiger partial charge in [0.25, 0.3) is 5.92 Å². The highest BCUT2D eigenvalue weighted by Crippen LogP contribution is 2.36. The van der Waals surface area contributed by atoms with Crippen molar-refractivity contribution in [1.82, 2.24) is 29.0 Å². The number of hydrogen-bond acceptors (Lipinski definition) is 7. The van der Waals surface area contributed by atoms with Gasteiger partial charge < -0.3 is 19.4 Å². The maximum absolute atomic E-state index is 15.0. The average Bonchev–Trinajstić information content (AvgIpc) is 3.47. The number of halogens is 4. The fraction of sp³-hybridized carbons (Fsp3) is 0.458. The predicted octanol–water partition coefficient (Wildman–Crippen LogP) is 3.30. The van der Waals surface area contributed by atoms with Crippen molar-refractivity contribution >= 4 is 22.5 Å². The molecule has 2 saturated heterocycles. The molecule has 5 heterocycles. The van der Waals surface area contributed by atoms with Crippen LogP contribution in [0.2, 0.25) is 0 Å². The number of likely N-dealkylation sites (tertiary alicyclic amines) is 1. The minimum Gasteiger partial charge on any atom is -0.479 e. The normalized spacial score (nSPS) is 20.1. The van der Waals surface area contributed by atoms with Crippen LogP contribution in [0.15, 0.2) is 24.4 Å². The molecule has 13 heteroatoms. The van der Waals surface area contributed by atoms with Gasteiger partial charge in [0, 0.05) is 18.3 Å². The van der Waals surface area contributed by atoms with Gasteiger partial charge >= 0.3 is 0 Å². The highest BCUT2D eigenvalue weighted by Gasteiger charge is 2.51. The zero-order valence-corrected chi connectivity index (χ0v) is 20.2. The Kier molecular flexibility index (Phi) is 5.71. The first-order valence-electron chi connectivity index (χ1n) is 11.9. The van der Waals surface area contributed by atoms with Crippen LogP contribution in [0, 0.1) is 12.7 Å². The third-order valence-corrected chi connectivity index (χ3v) is 7.07. The number of methoxy groups -OCH3 is 1. The van der Waals surface area contributed by atoms with E-state index in [9.17, 15) is 13.2 Å². The van der Waals surface area contributed by atoms with Crippen LogP contribution in [-0.2, 0) is 11.3 Å². The van der Waals surface area contributed by atoms with Crippen molar-refractivity contribution in [2.75, 3.05) is 45.4 Å². The molecule has 3 aromatic heterocycles. The van der Waals surface area contributed by atoms with Crippen molar-refractivity contribution in [3.05, 3.63) is 36.0 Å². The Morgan fingerprint density at radius 1 is 1.24 bits per heavy atom. The van der Waals surface area contributed by atoms with Gasteiger partial charge in [-0.2, -0.15) is 4.98 Å². The number of imidazole rings is 1. The zero-order valence-electron chi connectivity index (χ0n) is 20.2. The molecule has 0 unspecified atom stereocenters. The summed E-state index contributed by atoms with van der Waals surface area (Å²) in [5, 5.41) is 7.15. The van der Waals surface area contributed by atoms with E-state index in [4.69, 9.17) is 9.47 Å². The lowest BCUT2D eigenvalue weighted by Gasteiger charge is -2.34. The minimum atomic E-state index is -2.98. The molecule has 1 N–H and O–H groups in total. The summed E-state index contributed by atoms with van der Waals surface area (Å²) in [5.74, 6) is -2.89. The highest BCUT2D eigenvalue weighted by molar-refractivity contribution is 5.90. The Hall–Kier alpha value is -3.45. The Bertz CT molecular complexity index is 1480. The summed E-state index contributed by atoms with van der Waals surface area (Å²) in [6, 6.07) is 3.59. The molecule has 2 aliphatic heterocycles. The number of nitrogens with zero attached hydrogens (tertiary/aromatic N) is 6. The maximum atomic E-state index is 15.0. The number of anilines is 1. The van der Waals surface area contributed by atoms with E-state index in [2.05, 4.69) is 20.4 Å². The molecular weight excluding hydrogens is 494 g/mol. The van der Waals surface area contributed by atoms with E-state index in [0.717, 1.165) is 0 Å². The summed E-state index contributed by atoms with van der Waals surface area (Å²) in [4.78, 5) is 10.3. The van der Waals surface area contributed by atoms with Crippen LogP contribution >= 0.6 is 0 Å². The second-order valence-corrected chi connectivity index (χ2v) is 9.37. The number of rotatable bonds is 7. The Balaban J connectivity index is 1.37. The molecule has 0 saturated carbocycles. The lowest BCUT2D eigenvalue weighted by Crippen LogP contribution is -2.48. The Labute approximate surface area is 209 Å². The topological polar surface area (TPSA) is 81.7 Å². The quantitative estimate of drug-likeness (QED) is 0.375. The molecule has 0 aliphatic carbocycles. The molecule has 2 fully saturated rings. The van der Waals surface area contributed by atoms with Gasteiger partial charge in [0.05, 0.1) is 45.0 Å². The summed E-state index contributed by atoms with van der Waals surface area (Å²) in [6.07, 6.45) is 1.62. The molecule has 4 aromatic rings. The van der Waals surface area contributed by atoms with Crippen LogP contribution in [0.1, 0.15) is 5.82 Å². The molecule has 6 rings (SSSR count). The van der Waals surface area contributed by atoms with Gasteiger partial charge in [-0.05, 0) is 30.7 Å². The first kappa shape index (κ1) is 23.9. The van der Waals surface area contributed by atoms with E-state index in [1.807, 2.05) is 0 Å². The fourth-order valence-corrected chi connectivity index (χ4v) is 5.08. The van der Waals surface area contributed by atoms with Crippen molar-refractivity contribution in [3.63, 3.8) is 0 Å². The number of fused-ring (bicyclic) bond motifs is 2. The smallest absolute Gasteiger partial charge is 0.281 e. The largest absolute Gasteiger partial charge is 0.479 e. The molecule has 0 radical (unpaired) electrons. The first-order valence-corrected chi connectivity index (χ1v) is 11.9. The Morgan fingerprint density at radius 2 is 2.05 bits per heavy atom. The molecule has 1 aromatic carbocycles. The van der Waals surface area contributed by atoms with Gasteiger partial charge in [0.2, 0.25) is 11.8 Å². The number of ether oxygens (including phenoxy) is 2. The number of aromatic nitrogens is 5. The van der Waals surface area contributed by atoms with Gasteiger partial charge in [-0.1, -0.05) is 0 Å². The summed E-state index contributed by atoms with van der Waals surface area (Å²) < 4.78 is 71.3. The number of nitrogens with one attached hydrogen (secondary N) is 1. The third kappa shape index (κ3) is 3.96. The van der Waals surface area contributed by atoms with E-state index in [0.29, 0.717) is 41.2 Å². The van der Waals surface area contributed by atoms with Crippen molar-refractivity contribution in [3.8, 4) is 17.0 Å². The van der Waals surface area contributed by atoms with E-state index >= 15 is 4.39 Å². The minimum absolute atomic E-state index is 0.00894. The van der Waals surface area contributed by atoms with Crippen LogP contribution < -0.4 is 10.1 Å². The maximum Gasteiger partial charge on any atom is 0.281 e. The summed E-state index contributed by atoms with van der Waals surface area (Å²) in [5.41, 5.74) is 2.12. The van der Waals surface area contributed by atoms with E-state index in [1.54, 1.807) is 34.7 Å². The molecule has 1 atom stereocenters. The monoisotopic (exact) mass is 519 g/mol. The molecule has 0 spiro atoms. The predicted molar refractivity (Wildman–Crippen MR) is 127 cm³/mol. The molecule has 0 amide bonds. The summed E-state index contributed by atoms with van der Waals surface area (Å²) in [6.45, 7) is 1.81. The lowest BCUT2D eigenvalue weighted by atomic mass is 10.1. The van der Waals surface area contributed by atoms with Gasteiger partial charge in [0.15, 0.2) is 5.82 Å². The van der Waals surface area contributed by atoms with E-state index in [1.165, 1.54) is 17.7 Å². The molecule has 9 nitrogen and oxygen atoms in total. The van der Waals surface area contributed by atoms with Crippen molar-refractivity contribution in [1.29, 1.82) is 0 Å². The van der Waals surface area contributed by atoms with Gasteiger partial charge in [-0.25, -0.2) is 27.1 Å². The van der Waals surface area contributed by atoms with Crippen LogP contribution in [0.3, 0.4) is 0 Å². The van der Waals surface area contributed by atoms with Crippen molar-refractivity contribution in [2.24, 2.45) is 0 Å². The van der Waals surface area contributed by atoms with Gasteiger partial charge in [0.1, 0.15) is 29.6 Å². The second kappa shape index (κ2) is 8.84. The van der Waals surface area contributed by atoms with Crippen LogP contribution in [0.25, 0.3) is 27.7 Å². The highest BCUT2D eigenvalue weighted by atomic mass is 19.3. The van der Waals surface area contributed by atoms with Crippen LogP contribution in [0.5, 0.6) is 5.88 Å². The number of hydrogen-bond donors (Lipinski definition) is 1. The zero-order chi connectivity index (χ0) is 25.9. The molecule has 37 heavy (non-hydrogen) atoms. The molecule has 196 valence electrons. The Morgan fingerprint density at radius 3 is 2.76 bits per heavy atom. The van der Waals surface area contributed by atoms with Crippen molar-refractivity contribution in [2.45, 2.75) is 31.5 Å². The molecule has 2 aliphatic rings. The standard InChI is InChI=1S/C24H25F4N7O2/c1-13-29-20-17(26)7-14(8-18(20)34(13)6-4-25)16-3-5-35-21(16)22(36-2)31-23(32-35)30-19-9-33(12-24(19,27)28)15-10-37-11-15/h3,5,7-8,15,19H,4,6,9-12H2,1-2H3,(H,30,32)/t19-/m1/s1. The number of benzene rings is 1. The van der Waals surface area contributed by atoms with Crippen LogP contribution in [0.4, 0.5) is 23.5 Å². The lowest BCUT2D eigenvalue weighted by molar-refractivity contribution is -0.0711. The SMILES string of the molecule is COc1nc(N[C@@H]2CN(C3COC3)CC2(F)F)nn2ccc(-c3cc(F)c4nc(C)n(CCF)c4c3)c12.